The van der Waals surface area contributed by atoms with Crippen LogP contribution in [-0.2, 0) is 0 Å². The van der Waals surface area contributed by atoms with E-state index in [1.54, 1.807) is 0 Å². The summed E-state index contributed by atoms with van der Waals surface area (Å²) in [5, 5.41) is 0. The Hall–Kier alpha value is -1.94. The second-order valence-corrected chi connectivity index (χ2v) is 4.53. The second-order valence-electron chi connectivity index (χ2n) is 4.09. The summed E-state index contributed by atoms with van der Waals surface area (Å²) in [6.07, 6.45) is 0. The first-order chi connectivity index (χ1) is 8.59. The third-order valence-electron chi connectivity index (χ3n) is 2.81. The lowest BCUT2D eigenvalue weighted by molar-refractivity contribution is 1.11. The number of hydrogen-bond donors (Lipinski definition) is 1. The molecule has 0 aliphatic heterocycles. The highest BCUT2D eigenvalue weighted by molar-refractivity contribution is 7.80. The molecular weight excluding hydrogens is 242 g/mol. The van der Waals surface area contributed by atoms with Gasteiger partial charge in [0.05, 0.1) is 5.69 Å². The molecule has 3 nitrogen and oxygen atoms in total. The molecule has 0 saturated heterocycles. The minimum absolute atomic E-state index is 0.315. The highest BCUT2D eigenvalue weighted by Crippen LogP contribution is 2.24. The van der Waals surface area contributed by atoms with Gasteiger partial charge in [-0.05, 0) is 30.7 Å². The van der Waals surface area contributed by atoms with Crippen LogP contribution in [0.4, 0.5) is 11.5 Å². The van der Waals surface area contributed by atoms with Gasteiger partial charge in [-0.15, -0.1) is 0 Å². The number of para-hydroxylation sites is 1. The van der Waals surface area contributed by atoms with Gasteiger partial charge in [-0.1, -0.05) is 36.5 Å². The van der Waals surface area contributed by atoms with Gasteiger partial charge in [-0.3, -0.25) is 0 Å². The number of anilines is 2. The maximum absolute atomic E-state index is 5.60. The molecule has 18 heavy (non-hydrogen) atoms. The van der Waals surface area contributed by atoms with Crippen molar-refractivity contribution in [1.82, 2.24) is 4.98 Å². The number of benzene rings is 1. The van der Waals surface area contributed by atoms with E-state index in [9.17, 15) is 0 Å². The van der Waals surface area contributed by atoms with E-state index in [-0.39, 0.29) is 0 Å². The predicted octanol–water partition coefficient (Wildman–Crippen LogP) is 2.79. The number of nitrogens with zero attached hydrogens (tertiary/aromatic N) is 2. The molecule has 0 fully saturated rings. The van der Waals surface area contributed by atoms with Crippen molar-refractivity contribution in [3.05, 3.63) is 53.7 Å². The molecule has 1 heterocycles. The van der Waals surface area contributed by atoms with E-state index in [0.717, 1.165) is 11.5 Å². The summed E-state index contributed by atoms with van der Waals surface area (Å²) in [6, 6.07) is 13.8. The SMILES string of the molecule is Cc1ccccc1N(C)c1cccc(C(N)=S)n1. The molecular formula is C14H15N3S. The molecule has 0 saturated carbocycles. The van der Waals surface area contributed by atoms with Crippen LogP contribution in [-0.4, -0.2) is 17.0 Å². The fourth-order valence-electron chi connectivity index (χ4n) is 1.81. The fraction of sp³-hybridized carbons (Fsp3) is 0.143. The highest BCUT2D eigenvalue weighted by Gasteiger charge is 2.08. The lowest BCUT2D eigenvalue weighted by Gasteiger charge is -2.20. The van der Waals surface area contributed by atoms with E-state index < -0.39 is 0 Å². The van der Waals surface area contributed by atoms with Gasteiger partial charge in [0.2, 0.25) is 0 Å². The predicted molar refractivity (Wildman–Crippen MR) is 79.4 cm³/mol. The minimum atomic E-state index is 0.315. The molecule has 1 aromatic carbocycles. The zero-order valence-electron chi connectivity index (χ0n) is 10.4. The molecule has 1 aromatic heterocycles. The number of pyridine rings is 1. The van der Waals surface area contributed by atoms with Crippen LogP contribution in [0.1, 0.15) is 11.3 Å². The van der Waals surface area contributed by atoms with Crippen molar-refractivity contribution in [3.8, 4) is 0 Å². The van der Waals surface area contributed by atoms with Gasteiger partial charge in [0, 0.05) is 12.7 Å². The van der Waals surface area contributed by atoms with Crippen molar-refractivity contribution in [2.24, 2.45) is 5.73 Å². The van der Waals surface area contributed by atoms with Crippen LogP contribution in [0.5, 0.6) is 0 Å². The van der Waals surface area contributed by atoms with Gasteiger partial charge in [0.25, 0.3) is 0 Å². The summed E-state index contributed by atoms with van der Waals surface area (Å²) < 4.78 is 0. The molecule has 0 aliphatic rings. The minimum Gasteiger partial charge on any atom is -0.388 e. The Balaban J connectivity index is 2.40. The first-order valence-corrected chi connectivity index (χ1v) is 6.06. The second kappa shape index (κ2) is 5.14. The van der Waals surface area contributed by atoms with E-state index >= 15 is 0 Å². The maximum Gasteiger partial charge on any atom is 0.133 e. The fourth-order valence-corrected chi connectivity index (χ4v) is 1.92. The molecule has 2 rings (SSSR count). The third-order valence-corrected chi connectivity index (χ3v) is 3.02. The zero-order chi connectivity index (χ0) is 13.1. The average molecular weight is 257 g/mol. The van der Waals surface area contributed by atoms with Crippen molar-refractivity contribution in [2.75, 3.05) is 11.9 Å². The molecule has 92 valence electrons. The topological polar surface area (TPSA) is 42.1 Å². The normalized spacial score (nSPS) is 10.1. The lowest BCUT2D eigenvalue weighted by Crippen LogP contribution is -2.16. The van der Waals surface area contributed by atoms with Gasteiger partial charge in [-0.2, -0.15) is 0 Å². The Morgan fingerprint density at radius 3 is 2.56 bits per heavy atom. The first kappa shape index (κ1) is 12.5. The molecule has 2 N–H and O–H groups in total. The van der Waals surface area contributed by atoms with E-state index in [1.165, 1.54) is 5.56 Å². The van der Waals surface area contributed by atoms with Crippen molar-refractivity contribution >= 4 is 28.7 Å². The Labute approximate surface area is 112 Å². The standard InChI is InChI=1S/C14H15N3S/c1-10-6-3-4-8-12(10)17(2)13-9-5-7-11(16-13)14(15)18/h3-9H,1-2H3,(H2,15,18). The Bertz CT molecular complexity index is 581. The van der Waals surface area contributed by atoms with Crippen LogP contribution in [0, 0.1) is 6.92 Å². The largest absolute Gasteiger partial charge is 0.388 e. The summed E-state index contributed by atoms with van der Waals surface area (Å²) in [5.74, 6) is 0.828. The van der Waals surface area contributed by atoms with E-state index in [4.69, 9.17) is 18.0 Å². The zero-order valence-corrected chi connectivity index (χ0v) is 11.2. The highest BCUT2D eigenvalue weighted by atomic mass is 32.1. The molecule has 0 aliphatic carbocycles. The molecule has 2 aromatic rings. The molecule has 0 amide bonds. The summed E-state index contributed by atoms with van der Waals surface area (Å²) in [7, 11) is 1.98. The van der Waals surface area contributed by atoms with Crippen LogP contribution < -0.4 is 10.6 Å². The lowest BCUT2D eigenvalue weighted by atomic mass is 10.2. The number of aryl methyl sites for hydroxylation is 1. The quantitative estimate of drug-likeness (QED) is 0.859. The molecule has 0 atom stereocenters. The number of nitrogens with two attached hydrogens (primary N) is 1. The van der Waals surface area contributed by atoms with Crippen molar-refractivity contribution in [3.63, 3.8) is 0 Å². The Morgan fingerprint density at radius 2 is 1.89 bits per heavy atom. The Morgan fingerprint density at radius 1 is 1.17 bits per heavy atom. The van der Waals surface area contributed by atoms with Crippen LogP contribution in [0.3, 0.4) is 0 Å². The summed E-state index contributed by atoms with van der Waals surface area (Å²) >= 11 is 4.95. The summed E-state index contributed by atoms with van der Waals surface area (Å²) in [5.41, 5.74) is 8.56. The van der Waals surface area contributed by atoms with E-state index in [2.05, 4.69) is 24.0 Å². The monoisotopic (exact) mass is 257 g/mol. The molecule has 0 bridgehead atoms. The van der Waals surface area contributed by atoms with E-state index in [0.29, 0.717) is 10.7 Å². The van der Waals surface area contributed by atoms with Crippen molar-refractivity contribution < 1.29 is 0 Å². The molecule has 0 radical (unpaired) electrons. The number of thiocarbonyl (C=S) groups is 1. The Kier molecular flexibility index (Phi) is 3.58. The smallest absolute Gasteiger partial charge is 0.133 e. The van der Waals surface area contributed by atoms with Gasteiger partial charge in [-0.25, -0.2) is 4.98 Å². The summed E-state index contributed by atoms with van der Waals surface area (Å²) in [4.78, 5) is 6.79. The van der Waals surface area contributed by atoms with Gasteiger partial charge in [0.1, 0.15) is 10.8 Å². The van der Waals surface area contributed by atoms with Gasteiger partial charge >= 0.3 is 0 Å². The molecule has 0 unspecified atom stereocenters. The van der Waals surface area contributed by atoms with E-state index in [1.807, 2.05) is 42.3 Å². The summed E-state index contributed by atoms with van der Waals surface area (Å²) in [6.45, 7) is 2.07. The average Bonchev–Trinajstić information content (AvgIpc) is 2.38. The molecule has 0 spiro atoms. The van der Waals surface area contributed by atoms with Crippen LogP contribution in [0.15, 0.2) is 42.5 Å². The number of rotatable bonds is 3. The van der Waals surface area contributed by atoms with Crippen LogP contribution in [0.2, 0.25) is 0 Å². The van der Waals surface area contributed by atoms with Gasteiger partial charge in [0.15, 0.2) is 0 Å². The van der Waals surface area contributed by atoms with Crippen LogP contribution in [0.25, 0.3) is 0 Å². The van der Waals surface area contributed by atoms with Crippen molar-refractivity contribution in [2.45, 2.75) is 6.92 Å². The molecule has 4 heteroatoms. The van der Waals surface area contributed by atoms with Gasteiger partial charge < -0.3 is 10.6 Å². The number of hydrogen-bond acceptors (Lipinski definition) is 3. The van der Waals surface area contributed by atoms with Crippen LogP contribution >= 0.6 is 12.2 Å². The number of aromatic nitrogens is 1. The maximum atomic E-state index is 5.60. The van der Waals surface area contributed by atoms with Crippen molar-refractivity contribution in [1.29, 1.82) is 0 Å². The third kappa shape index (κ3) is 2.49. The first-order valence-electron chi connectivity index (χ1n) is 5.66.